The Balaban J connectivity index is 1.38. The minimum Gasteiger partial charge on any atom is -0.368 e. The van der Waals surface area contributed by atoms with E-state index in [0.29, 0.717) is 36.6 Å². The van der Waals surface area contributed by atoms with Gasteiger partial charge in [0.05, 0.1) is 0 Å². The number of amides is 2. The highest BCUT2D eigenvalue weighted by Crippen LogP contribution is 2.48. The topological polar surface area (TPSA) is 52.7 Å². The Kier molecular flexibility index (Phi) is 5.02. The molecule has 5 nitrogen and oxygen atoms in total. The van der Waals surface area contributed by atoms with Gasteiger partial charge in [-0.15, -0.1) is 0 Å². The number of piperazine rings is 1. The van der Waals surface area contributed by atoms with E-state index in [9.17, 15) is 9.59 Å². The Morgan fingerprint density at radius 2 is 1.71 bits per heavy atom. The maximum Gasteiger partial charge on any atom is 0.240 e. The van der Waals surface area contributed by atoms with Crippen molar-refractivity contribution < 1.29 is 9.59 Å². The molecule has 0 bridgehead atoms. The van der Waals surface area contributed by atoms with Crippen molar-refractivity contribution in [2.45, 2.75) is 19.8 Å². The smallest absolute Gasteiger partial charge is 0.240 e. The van der Waals surface area contributed by atoms with Gasteiger partial charge in [-0.2, -0.15) is 0 Å². The Morgan fingerprint density at radius 1 is 1.00 bits per heavy atom. The molecule has 146 valence electrons. The average molecular weight is 398 g/mol. The van der Waals surface area contributed by atoms with Gasteiger partial charge in [0.25, 0.3) is 0 Å². The summed E-state index contributed by atoms with van der Waals surface area (Å²) in [7, 11) is 0. The van der Waals surface area contributed by atoms with Crippen LogP contribution in [-0.2, 0) is 9.59 Å². The molecule has 0 aromatic heterocycles. The quantitative estimate of drug-likeness (QED) is 0.800. The Hall–Kier alpha value is -2.53. The van der Waals surface area contributed by atoms with Gasteiger partial charge in [-0.3, -0.25) is 9.59 Å². The third-order valence-corrected chi connectivity index (χ3v) is 5.85. The van der Waals surface area contributed by atoms with E-state index in [0.717, 1.165) is 13.1 Å². The molecule has 6 heteroatoms. The van der Waals surface area contributed by atoms with Crippen LogP contribution in [0.1, 0.15) is 18.4 Å². The zero-order valence-corrected chi connectivity index (χ0v) is 16.7. The monoisotopic (exact) mass is 397 g/mol. The lowest BCUT2D eigenvalue weighted by molar-refractivity contribution is -0.142. The van der Waals surface area contributed by atoms with E-state index < -0.39 is 5.41 Å². The number of rotatable bonds is 4. The minimum absolute atomic E-state index is 0.0454. The minimum atomic E-state index is -0.909. The Morgan fingerprint density at radius 3 is 2.36 bits per heavy atom. The lowest BCUT2D eigenvalue weighted by Crippen LogP contribution is -2.52. The second-order valence-corrected chi connectivity index (χ2v) is 8.10. The first-order valence-electron chi connectivity index (χ1n) is 9.66. The molecule has 1 aliphatic heterocycles. The summed E-state index contributed by atoms with van der Waals surface area (Å²) in [5.74, 6) is -0.267. The van der Waals surface area contributed by atoms with E-state index in [-0.39, 0.29) is 11.8 Å². The summed E-state index contributed by atoms with van der Waals surface area (Å²) in [6.45, 7) is 4.92. The van der Waals surface area contributed by atoms with Crippen molar-refractivity contribution in [3.8, 4) is 0 Å². The van der Waals surface area contributed by atoms with E-state index >= 15 is 0 Å². The number of benzene rings is 2. The molecule has 2 amide bonds. The van der Waals surface area contributed by atoms with Gasteiger partial charge in [-0.1, -0.05) is 29.8 Å². The normalized spacial score (nSPS) is 17.9. The van der Waals surface area contributed by atoms with Gasteiger partial charge >= 0.3 is 0 Å². The van der Waals surface area contributed by atoms with Crippen molar-refractivity contribution in [1.82, 2.24) is 4.90 Å². The molecular weight excluding hydrogens is 374 g/mol. The van der Waals surface area contributed by atoms with Gasteiger partial charge in [0.2, 0.25) is 11.8 Å². The molecule has 0 atom stereocenters. The molecule has 2 fully saturated rings. The van der Waals surface area contributed by atoms with Crippen molar-refractivity contribution in [2.24, 2.45) is 5.41 Å². The summed E-state index contributed by atoms with van der Waals surface area (Å²) in [6.07, 6.45) is 1.21. The molecule has 4 rings (SSSR count). The van der Waals surface area contributed by atoms with Crippen molar-refractivity contribution in [2.75, 3.05) is 36.4 Å². The summed E-state index contributed by atoms with van der Waals surface area (Å²) in [4.78, 5) is 30.0. The first-order chi connectivity index (χ1) is 13.5. The zero-order chi connectivity index (χ0) is 19.7. The van der Waals surface area contributed by atoms with Crippen LogP contribution >= 0.6 is 11.6 Å². The summed E-state index contributed by atoms with van der Waals surface area (Å²) in [5.41, 5.74) is 2.13. The van der Waals surface area contributed by atoms with Gasteiger partial charge in [-0.25, -0.2) is 0 Å². The molecule has 1 aliphatic carbocycles. The molecule has 1 N–H and O–H groups in total. The predicted octanol–water partition coefficient (Wildman–Crippen LogP) is 3.72. The number of anilines is 2. The van der Waals surface area contributed by atoms with Crippen molar-refractivity contribution in [3.05, 3.63) is 59.1 Å². The third kappa shape index (κ3) is 3.72. The number of aryl methyl sites for hydroxylation is 1. The SMILES string of the molecule is Cc1cccc(N2CCN(C(=O)C3(C(=O)Nc4cccc(Cl)c4)CC3)CC2)c1. The number of hydrogen-bond acceptors (Lipinski definition) is 3. The highest BCUT2D eigenvalue weighted by Gasteiger charge is 2.58. The van der Waals surface area contributed by atoms with E-state index in [4.69, 9.17) is 11.6 Å². The van der Waals surface area contributed by atoms with Crippen LogP contribution in [-0.4, -0.2) is 42.9 Å². The first-order valence-corrected chi connectivity index (χ1v) is 10.0. The summed E-state index contributed by atoms with van der Waals surface area (Å²) < 4.78 is 0. The van der Waals surface area contributed by atoms with Gasteiger partial charge in [0.15, 0.2) is 0 Å². The number of hydrogen-bond donors (Lipinski definition) is 1. The number of carbonyl (C=O) groups excluding carboxylic acids is 2. The van der Waals surface area contributed by atoms with Gasteiger partial charge in [-0.05, 0) is 55.7 Å². The van der Waals surface area contributed by atoms with E-state index in [2.05, 4.69) is 41.4 Å². The summed E-state index contributed by atoms with van der Waals surface area (Å²) in [6, 6.07) is 15.4. The van der Waals surface area contributed by atoms with Crippen LogP contribution < -0.4 is 10.2 Å². The fourth-order valence-electron chi connectivity index (χ4n) is 3.78. The van der Waals surface area contributed by atoms with Gasteiger partial charge in [0, 0.05) is 42.6 Å². The maximum absolute atomic E-state index is 13.1. The van der Waals surface area contributed by atoms with Crippen LogP contribution in [0.5, 0.6) is 0 Å². The zero-order valence-electron chi connectivity index (χ0n) is 16.0. The van der Waals surface area contributed by atoms with Crippen LogP contribution in [0.25, 0.3) is 0 Å². The maximum atomic E-state index is 13.1. The molecule has 0 unspecified atom stereocenters. The molecule has 2 aliphatic rings. The molecule has 1 saturated carbocycles. The predicted molar refractivity (Wildman–Crippen MR) is 112 cm³/mol. The van der Waals surface area contributed by atoms with Gasteiger partial charge in [0.1, 0.15) is 5.41 Å². The van der Waals surface area contributed by atoms with E-state index in [1.807, 2.05) is 4.90 Å². The Labute approximate surface area is 170 Å². The largest absolute Gasteiger partial charge is 0.368 e. The summed E-state index contributed by atoms with van der Waals surface area (Å²) in [5, 5.41) is 3.42. The van der Waals surface area contributed by atoms with Crippen LogP contribution in [0, 0.1) is 12.3 Å². The van der Waals surface area contributed by atoms with Crippen LogP contribution in [0.4, 0.5) is 11.4 Å². The molecule has 2 aromatic rings. The molecule has 0 spiro atoms. The Bertz CT molecular complexity index is 902. The van der Waals surface area contributed by atoms with Crippen LogP contribution in [0.3, 0.4) is 0 Å². The average Bonchev–Trinajstić information content (AvgIpc) is 3.50. The molecular formula is C22H24ClN3O2. The molecule has 1 heterocycles. The van der Waals surface area contributed by atoms with E-state index in [1.165, 1.54) is 11.3 Å². The lowest BCUT2D eigenvalue weighted by atomic mass is 10.0. The fraction of sp³-hybridized carbons (Fsp3) is 0.364. The second kappa shape index (κ2) is 7.47. The van der Waals surface area contributed by atoms with Crippen molar-refractivity contribution in [3.63, 3.8) is 0 Å². The molecule has 1 saturated heterocycles. The third-order valence-electron chi connectivity index (χ3n) is 5.61. The van der Waals surface area contributed by atoms with Crippen LogP contribution in [0.15, 0.2) is 48.5 Å². The highest BCUT2D eigenvalue weighted by molar-refractivity contribution is 6.31. The first kappa shape index (κ1) is 18.8. The lowest BCUT2D eigenvalue weighted by Gasteiger charge is -2.37. The van der Waals surface area contributed by atoms with Crippen LogP contribution in [0.2, 0.25) is 5.02 Å². The van der Waals surface area contributed by atoms with Crippen molar-refractivity contribution in [1.29, 1.82) is 0 Å². The molecule has 28 heavy (non-hydrogen) atoms. The van der Waals surface area contributed by atoms with E-state index in [1.54, 1.807) is 24.3 Å². The number of halogens is 1. The standard InChI is InChI=1S/C22H24ClN3O2/c1-16-4-2-7-19(14-16)25-10-12-26(13-11-25)21(28)22(8-9-22)20(27)24-18-6-3-5-17(23)15-18/h2-7,14-15H,8-13H2,1H3,(H,24,27). The molecule has 2 aromatic carbocycles. The fourth-order valence-corrected chi connectivity index (χ4v) is 3.97. The molecule has 0 radical (unpaired) electrons. The highest BCUT2D eigenvalue weighted by atomic mass is 35.5. The second-order valence-electron chi connectivity index (χ2n) is 7.66. The van der Waals surface area contributed by atoms with Gasteiger partial charge < -0.3 is 15.1 Å². The number of carbonyl (C=O) groups is 2. The van der Waals surface area contributed by atoms with Crippen molar-refractivity contribution >= 4 is 34.8 Å². The number of nitrogens with one attached hydrogen (secondary N) is 1. The summed E-state index contributed by atoms with van der Waals surface area (Å²) >= 11 is 5.99. The number of nitrogens with zero attached hydrogens (tertiary/aromatic N) is 2.